The van der Waals surface area contributed by atoms with Crippen LogP contribution in [0.1, 0.15) is 68.0 Å². The lowest BCUT2D eigenvalue weighted by Gasteiger charge is -2.17. The first-order chi connectivity index (χ1) is 21.3. The largest absolute Gasteiger partial charge is 0.482 e. The monoisotopic (exact) mass is 602 g/mol. The zero-order valence-corrected chi connectivity index (χ0v) is 24.9. The first-order valence-corrected chi connectivity index (χ1v) is 14.6. The van der Waals surface area contributed by atoms with E-state index in [0.29, 0.717) is 36.6 Å². The van der Waals surface area contributed by atoms with Crippen molar-refractivity contribution in [1.29, 1.82) is 0 Å². The van der Waals surface area contributed by atoms with Crippen LogP contribution in [-0.2, 0) is 19.4 Å². The van der Waals surface area contributed by atoms with Gasteiger partial charge < -0.3 is 4.74 Å². The van der Waals surface area contributed by atoms with Gasteiger partial charge in [-0.25, -0.2) is 18.6 Å². The van der Waals surface area contributed by atoms with E-state index in [1.807, 2.05) is 55.5 Å². The van der Waals surface area contributed by atoms with E-state index < -0.39 is 17.4 Å². The Morgan fingerprint density at radius 1 is 1.18 bits per heavy atom. The second kappa shape index (κ2) is 15.6. The van der Waals surface area contributed by atoms with Crippen molar-refractivity contribution in [3.63, 3.8) is 0 Å². The van der Waals surface area contributed by atoms with E-state index in [0.717, 1.165) is 41.2 Å². The Morgan fingerprint density at radius 2 is 1.98 bits per heavy atom. The quantitative estimate of drug-likeness (QED) is 0.200. The molecule has 1 aliphatic rings. The van der Waals surface area contributed by atoms with Crippen LogP contribution < -0.4 is 16.1 Å². The van der Waals surface area contributed by atoms with Crippen LogP contribution >= 0.6 is 0 Å². The number of nitrogens with one attached hydrogen (secondary N) is 1. The van der Waals surface area contributed by atoms with Crippen molar-refractivity contribution in [3.05, 3.63) is 134 Å². The molecule has 1 aliphatic carbocycles. The molecule has 0 amide bonds. The van der Waals surface area contributed by atoms with Crippen LogP contribution in [0.3, 0.4) is 0 Å². The topological polar surface area (TPSA) is 103 Å². The van der Waals surface area contributed by atoms with Crippen molar-refractivity contribution in [2.75, 3.05) is 6.61 Å². The molecule has 1 N–H and O–H groups in total. The summed E-state index contributed by atoms with van der Waals surface area (Å²) >= 11 is 0. The first kappa shape index (κ1) is 32.1. The van der Waals surface area contributed by atoms with Crippen LogP contribution in [0.15, 0.2) is 99.1 Å². The van der Waals surface area contributed by atoms with Gasteiger partial charge in [0.25, 0.3) is 5.56 Å². The van der Waals surface area contributed by atoms with Gasteiger partial charge in [0.1, 0.15) is 24.1 Å². The smallest absolute Gasteiger partial charge is 0.439 e. The number of halogens is 2. The Hall–Kier alpha value is -4.86. The lowest BCUT2D eigenvalue weighted by Crippen LogP contribution is -2.29. The van der Waals surface area contributed by atoms with Crippen molar-refractivity contribution >= 4 is 11.1 Å². The van der Waals surface area contributed by atoms with Crippen LogP contribution in [0, 0.1) is 0 Å². The van der Waals surface area contributed by atoms with Crippen LogP contribution in [0.5, 0.6) is 5.75 Å². The Labute approximate surface area is 254 Å². The van der Waals surface area contributed by atoms with Gasteiger partial charge in [-0.2, -0.15) is 0 Å². The van der Waals surface area contributed by atoms with E-state index in [9.17, 15) is 18.4 Å². The van der Waals surface area contributed by atoms with Crippen LogP contribution in [0.4, 0.5) is 8.78 Å². The summed E-state index contributed by atoms with van der Waals surface area (Å²) in [5.74, 6) is -0.695. The molecule has 2 aromatic heterocycles. The average molecular weight is 603 g/mol. The van der Waals surface area contributed by atoms with E-state index in [-0.39, 0.29) is 30.9 Å². The Morgan fingerprint density at radius 3 is 2.66 bits per heavy atom. The van der Waals surface area contributed by atoms with E-state index in [1.54, 1.807) is 4.57 Å². The molecule has 0 saturated carbocycles. The fourth-order valence-electron chi connectivity index (χ4n) is 4.73. The zero-order chi connectivity index (χ0) is 31.5. The van der Waals surface area contributed by atoms with Gasteiger partial charge in [0.2, 0.25) is 5.75 Å². The molecule has 0 spiro atoms. The number of rotatable bonds is 14. The number of H-pyrrole nitrogens is 1. The Kier molecular flexibility index (Phi) is 11.3. The van der Waals surface area contributed by atoms with Crippen LogP contribution in [0.25, 0.3) is 11.1 Å². The van der Waals surface area contributed by atoms with Gasteiger partial charge in [0.05, 0.1) is 12.2 Å². The molecule has 0 aliphatic heterocycles. The molecule has 44 heavy (non-hydrogen) atoms. The second-order valence-electron chi connectivity index (χ2n) is 10.2. The second-order valence-corrected chi connectivity index (χ2v) is 10.2. The highest BCUT2D eigenvalue weighted by molar-refractivity contribution is 6.04. The molecule has 8 nitrogen and oxygen atoms in total. The fourth-order valence-corrected chi connectivity index (χ4v) is 4.73. The maximum absolute atomic E-state index is 14.2. The Bertz CT molecular complexity index is 1740. The fraction of sp³-hybridized carbons (Fsp3) is 0.294. The molecule has 0 fully saturated rings. The minimum Gasteiger partial charge on any atom is -0.482 e. The minimum absolute atomic E-state index is 0.0913. The maximum Gasteiger partial charge on any atom is 0.439 e. The number of aromatic nitrogens is 4. The molecule has 0 saturated heterocycles. The summed E-state index contributed by atoms with van der Waals surface area (Å²) in [6.45, 7) is 7.18. The molecule has 3 aromatic rings. The van der Waals surface area contributed by atoms with Gasteiger partial charge in [0.15, 0.2) is 5.82 Å². The summed E-state index contributed by atoms with van der Waals surface area (Å²) in [6, 6.07) is 7.81. The summed E-state index contributed by atoms with van der Waals surface area (Å²) in [7, 11) is 0. The zero-order valence-electron chi connectivity index (χ0n) is 24.9. The molecule has 1 aromatic carbocycles. The standard InChI is InChI=1S/C34H36F2N4O4/c1-4-6-15-30-37-29(5-2)31(43-21-20-26(36)12-10-11-23(3)35)33(41)40(30)22-24-16-18-25(19-17-24)27-13-8-7-9-14-28(27)32-38-34(42)44-39-32/h7,9-11,13-14,16-20H,3-6,8,12,15,21-22H2,1-2H3,(H,38,39,42)/b11-10-,26-20+. The highest BCUT2D eigenvalue weighted by Crippen LogP contribution is 2.31. The predicted molar refractivity (Wildman–Crippen MR) is 168 cm³/mol. The normalized spacial score (nSPS) is 13.6. The average Bonchev–Trinajstić information content (AvgIpc) is 3.29. The summed E-state index contributed by atoms with van der Waals surface area (Å²) in [5, 5.41) is 3.86. The molecule has 0 bridgehead atoms. The molecular formula is C34H36F2N4O4. The lowest BCUT2D eigenvalue weighted by molar-refractivity contribution is 0.341. The van der Waals surface area contributed by atoms with Crippen LogP contribution in [0.2, 0.25) is 0 Å². The van der Waals surface area contributed by atoms with Crippen LogP contribution in [-0.4, -0.2) is 26.3 Å². The van der Waals surface area contributed by atoms with E-state index >= 15 is 0 Å². The lowest BCUT2D eigenvalue weighted by atomic mass is 9.96. The summed E-state index contributed by atoms with van der Waals surface area (Å²) < 4.78 is 39.0. The number of aryl methyl sites for hydroxylation is 2. The molecular weight excluding hydrogens is 566 g/mol. The molecule has 0 atom stereocenters. The van der Waals surface area contributed by atoms with E-state index in [1.165, 1.54) is 12.2 Å². The predicted octanol–water partition coefficient (Wildman–Crippen LogP) is 6.96. The summed E-state index contributed by atoms with van der Waals surface area (Å²) in [4.78, 5) is 32.8. The van der Waals surface area contributed by atoms with Gasteiger partial charge >= 0.3 is 5.76 Å². The number of unbranched alkanes of at least 4 members (excludes halogenated alkanes) is 1. The number of hydrogen-bond acceptors (Lipinski definition) is 6. The maximum atomic E-state index is 14.2. The summed E-state index contributed by atoms with van der Waals surface area (Å²) in [6.07, 6.45) is 15.0. The number of ether oxygens (including phenoxy) is 1. The third kappa shape index (κ3) is 8.37. The van der Waals surface area contributed by atoms with Crippen molar-refractivity contribution in [1.82, 2.24) is 19.7 Å². The number of allylic oxidation sites excluding steroid dienone is 10. The molecule has 4 rings (SSSR count). The number of aromatic amines is 1. The minimum atomic E-state index is -0.657. The van der Waals surface area contributed by atoms with Gasteiger partial charge in [-0.1, -0.05) is 86.6 Å². The third-order valence-electron chi connectivity index (χ3n) is 6.96. The number of benzene rings is 1. The highest BCUT2D eigenvalue weighted by Gasteiger charge is 2.19. The van der Waals surface area contributed by atoms with Crippen molar-refractivity contribution in [3.8, 4) is 5.75 Å². The van der Waals surface area contributed by atoms with Gasteiger partial charge in [-0.05, 0) is 48.1 Å². The molecule has 0 unspecified atom stereocenters. The van der Waals surface area contributed by atoms with Gasteiger partial charge in [-0.3, -0.25) is 18.9 Å². The van der Waals surface area contributed by atoms with E-state index in [2.05, 4.69) is 23.6 Å². The molecule has 0 radical (unpaired) electrons. The Balaban J connectivity index is 1.60. The first-order valence-electron chi connectivity index (χ1n) is 14.6. The highest BCUT2D eigenvalue weighted by atomic mass is 19.1. The van der Waals surface area contributed by atoms with Crippen molar-refractivity contribution in [2.24, 2.45) is 0 Å². The SMILES string of the molecule is C=C(F)/C=C\C/C(F)=C\COc1c(CC)nc(CCCC)n(Cc2ccc(C3=CCC=CC=C3c3noc(=O)[nH]3)cc2)c1=O. The van der Waals surface area contributed by atoms with Gasteiger partial charge in [0, 0.05) is 18.4 Å². The molecule has 10 heteroatoms. The molecule has 2 heterocycles. The number of nitrogens with zero attached hydrogens (tertiary/aromatic N) is 3. The number of hydrogen-bond donors (Lipinski definition) is 1. The van der Waals surface area contributed by atoms with E-state index in [4.69, 9.17) is 14.2 Å². The van der Waals surface area contributed by atoms with Crippen molar-refractivity contribution in [2.45, 2.75) is 58.9 Å². The third-order valence-corrected chi connectivity index (χ3v) is 6.96. The molecule has 230 valence electrons. The summed E-state index contributed by atoms with van der Waals surface area (Å²) in [5.41, 5.74) is 3.61. The van der Waals surface area contributed by atoms with Crippen molar-refractivity contribution < 1.29 is 18.0 Å². The van der Waals surface area contributed by atoms with Gasteiger partial charge in [-0.15, -0.1) is 0 Å².